The fourth-order valence-corrected chi connectivity index (χ4v) is 3.37. The molecule has 1 aromatic heterocycles. The van der Waals surface area contributed by atoms with E-state index in [2.05, 4.69) is 23.8 Å². The van der Waals surface area contributed by atoms with Crippen molar-refractivity contribution in [2.45, 2.75) is 91.1 Å². The number of benzene rings is 1. The monoisotopic (exact) mass is 424 g/mol. The Morgan fingerprint density at radius 2 is 1.48 bits per heavy atom. The topological polar surface area (TPSA) is 69.2 Å². The second-order valence-corrected chi connectivity index (χ2v) is 8.13. The smallest absolute Gasteiger partial charge is 0.338 e. The average molecular weight is 425 g/mol. The van der Waals surface area contributed by atoms with Crippen molar-refractivity contribution in [3.8, 4) is 11.4 Å². The number of Topliss-reactive ketones (excluding diaryl/α,β-unsaturated/α-hetero) is 1. The van der Waals surface area contributed by atoms with Crippen LogP contribution in [0.3, 0.4) is 0 Å². The maximum Gasteiger partial charge on any atom is 0.338 e. The van der Waals surface area contributed by atoms with E-state index in [0.29, 0.717) is 17.8 Å². The third-order valence-electron chi connectivity index (χ3n) is 5.42. The van der Waals surface area contributed by atoms with E-state index in [1.54, 1.807) is 19.1 Å². The molecule has 1 aromatic carbocycles. The first-order valence-electron chi connectivity index (χ1n) is 11.7. The van der Waals surface area contributed by atoms with Gasteiger partial charge in [-0.1, -0.05) is 64.5 Å². The Kier molecular flexibility index (Phi) is 10.9. The molecule has 31 heavy (non-hydrogen) atoms. The van der Waals surface area contributed by atoms with Crippen LogP contribution in [0.25, 0.3) is 11.4 Å². The van der Waals surface area contributed by atoms with E-state index in [1.807, 2.05) is 24.5 Å². The van der Waals surface area contributed by atoms with Crippen molar-refractivity contribution >= 4 is 11.8 Å². The molecule has 1 heterocycles. The molecule has 168 valence electrons. The van der Waals surface area contributed by atoms with E-state index in [9.17, 15) is 9.59 Å². The normalized spacial score (nSPS) is 11.8. The summed E-state index contributed by atoms with van der Waals surface area (Å²) in [7, 11) is 0. The van der Waals surface area contributed by atoms with Crippen LogP contribution in [0.15, 0.2) is 36.7 Å². The van der Waals surface area contributed by atoms with Gasteiger partial charge in [0.15, 0.2) is 17.7 Å². The lowest BCUT2D eigenvalue weighted by molar-refractivity contribution is -0.127. The molecular formula is C26H36N2O3. The number of esters is 1. The zero-order chi connectivity index (χ0) is 22.5. The first kappa shape index (κ1) is 24.7. The van der Waals surface area contributed by atoms with Crippen LogP contribution < -0.4 is 0 Å². The Morgan fingerprint density at radius 1 is 0.871 bits per heavy atom. The molecule has 0 bridgehead atoms. The fraction of sp³-hybridized carbons (Fsp3) is 0.538. The summed E-state index contributed by atoms with van der Waals surface area (Å²) < 4.78 is 5.33. The first-order chi connectivity index (χ1) is 15.0. The van der Waals surface area contributed by atoms with Crippen LogP contribution in [0.5, 0.6) is 0 Å². The minimum atomic E-state index is -0.720. The van der Waals surface area contributed by atoms with E-state index < -0.39 is 12.1 Å². The molecule has 5 nitrogen and oxygen atoms in total. The molecule has 0 saturated heterocycles. The van der Waals surface area contributed by atoms with Crippen LogP contribution in [0.4, 0.5) is 0 Å². The highest BCUT2D eigenvalue weighted by atomic mass is 16.5. The highest BCUT2D eigenvalue weighted by Crippen LogP contribution is 2.17. The second-order valence-electron chi connectivity index (χ2n) is 8.13. The number of unbranched alkanes of at least 4 members (excludes halogenated alkanes) is 6. The lowest BCUT2D eigenvalue weighted by Crippen LogP contribution is -2.24. The standard InChI is InChI=1S/C26H36N2O3/c1-4-6-8-9-11-12-21-18-27-25(28-19-21)22-14-16-23(17-15-22)26(30)31-20(3)24(29)13-10-7-5-2/h14-20H,4-13H2,1-3H3. The quantitative estimate of drug-likeness (QED) is 0.261. The molecule has 1 atom stereocenters. The minimum absolute atomic E-state index is 0.0303. The van der Waals surface area contributed by atoms with Gasteiger partial charge in [-0.3, -0.25) is 4.79 Å². The highest BCUT2D eigenvalue weighted by molar-refractivity contribution is 5.93. The number of carbonyl (C=O) groups is 2. The number of carbonyl (C=O) groups excluding carboxylic acids is 2. The molecule has 2 aromatic rings. The van der Waals surface area contributed by atoms with E-state index >= 15 is 0 Å². The highest BCUT2D eigenvalue weighted by Gasteiger charge is 2.18. The van der Waals surface area contributed by atoms with Gasteiger partial charge < -0.3 is 4.74 Å². The largest absolute Gasteiger partial charge is 0.451 e. The van der Waals surface area contributed by atoms with Gasteiger partial charge in [0.25, 0.3) is 0 Å². The number of hydrogen-bond acceptors (Lipinski definition) is 5. The summed E-state index contributed by atoms with van der Waals surface area (Å²) in [5.74, 6) is 0.119. The number of nitrogens with zero attached hydrogens (tertiary/aromatic N) is 2. The Bertz CT molecular complexity index is 800. The van der Waals surface area contributed by atoms with Gasteiger partial charge in [0.2, 0.25) is 0 Å². The number of aromatic nitrogens is 2. The zero-order valence-electron chi connectivity index (χ0n) is 19.2. The van der Waals surface area contributed by atoms with Gasteiger partial charge in [0.1, 0.15) is 0 Å². The Labute approximate surface area is 186 Å². The van der Waals surface area contributed by atoms with Crippen LogP contribution in [0.1, 0.15) is 94.5 Å². The molecule has 0 spiro atoms. The van der Waals surface area contributed by atoms with Crippen molar-refractivity contribution in [2.24, 2.45) is 0 Å². The molecule has 1 unspecified atom stereocenters. The van der Waals surface area contributed by atoms with Crippen molar-refractivity contribution < 1.29 is 14.3 Å². The van der Waals surface area contributed by atoms with Gasteiger partial charge in [-0.05, 0) is 43.9 Å². The molecule has 0 amide bonds. The average Bonchev–Trinajstić information content (AvgIpc) is 2.79. The number of ketones is 1. The Balaban J connectivity index is 1.86. The van der Waals surface area contributed by atoms with Gasteiger partial charge in [-0.25, -0.2) is 14.8 Å². The lowest BCUT2D eigenvalue weighted by Gasteiger charge is -2.12. The molecule has 0 radical (unpaired) electrons. The van der Waals surface area contributed by atoms with Gasteiger partial charge in [0, 0.05) is 24.4 Å². The molecule has 0 aliphatic heterocycles. The van der Waals surface area contributed by atoms with Crippen LogP contribution in [0.2, 0.25) is 0 Å². The predicted molar refractivity (Wildman–Crippen MR) is 124 cm³/mol. The maximum atomic E-state index is 12.3. The molecule has 0 saturated carbocycles. The van der Waals surface area contributed by atoms with E-state index in [0.717, 1.165) is 36.8 Å². The van der Waals surface area contributed by atoms with Crippen molar-refractivity contribution in [3.63, 3.8) is 0 Å². The summed E-state index contributed by atoms with van der Waals surface area (Å²) in [5, 5.41) is 0. The van der Waals surface area contributed by atoms with Crippen LogP contribution in [-0.4, -0.2) is 27.8 Å². The van der Waals surface area contributed by atoms with Crippen LogP contribution in [0, 0.1) is 0 Å². The third-order valence-corrected chi connectivity index (χ3v) is 5.42. The summed E-state index contributed by atoms with van der Waals surface area (Å²) in [6.07, 6.45) is 13.7. The lowest BCUT2D eigenvalue weighted by atomic mass is 10.1. The summed E-state index contributed by atoms with van der Waals surface area (Å²) in [4.78, 5) is 33.4. The van der Waals surface area contributed by atoms with Gasteiger partial charge in [-0.2, -0.15) is 0 Å². The summed E-state index contributed by atoms with van der Waals surface area (Å²) in [6, 6.07) is 7.00. The predicted octanol–water partition coefficient (Wildman–Crippen LogP) is 6.35. The Morgan fingerprint density at radius 3 is 2.13 bits per heavy atom. The SMILES string of the molecule is CCCCCCCc1cnc(-c2ccc(C(=O)OC(C)C(=O)CCCCC)cc2)nc1. The molecular weight excluding hydrogens is 388 g/mol. The van der Waals surface area contributed by atoms with E-state index in [-0.39, 0.29) is 5.78 Å². The molecule has 5 heteroatoms. The molecule has 0 aliphatic rings. The minimum Gasteiger partial charge on any atom is -0.451 e. The molecule has 0 fully saturated rings. The first-order valence-corrected chi connectivity index (χ1v) is 11.7. The van der Waals surface area contributed by atoms with Gasteiger partial charge >= 0.3 is 5.97 Å². The van der Waals surface area contributed by atoms with Crippen molar-refractivity contribution in [2.75, 3.05) is 0 Å². The van der Waals surface area contributed by atoms with Gasteiger partial charge in [0.05, 0.1) is 5.56 Å². The third kappa shape index (κ3) is 8.60. The van der Waals surface area contributed by atoms with Gasteiger partial charge in [-0.15, -0.1) is 0 Å². The molecule has 2 rings (SSSR count). The molecule has 0 N–H and O–H groups in total. The summed E-state index contributed by atoms with van der Waals surface area (Å²) in [6.45, 7) is 5.95. The van der Waals surface area contributed by atoms with Crippen molar-refractivity contribution in [1.82, 2.24) is 9.97 Å². The fourth-order valence-electron chi connectivity index (χ4n) is 3.37. The zero-order valence-corrected chi connectivity index (χ0v) is 19.2. The number of ether oxygens (including phenoxy) is 1. The van der Waals surface area contributed by atoms with Crippen molar-refractivity contribution in [3.05, 3.63) is 47.8 Å². The van der Waals surface area contributed by atoms with Crippen molar-refractivity contribution in [1.29, 1.82) is 0 Å². The van der Waals surface area contributed by atoms with E-state index in [4.69, 9.17) is 4.74 Å². The maximum absolute atomic E-state index is 12.3. The second kappa shape index (κ2) is 13.7. The summed E-state index contributed by atoms with van der Waals surface area (Å²) >= 11 is 0. The Hall–Kier alpha value is -2.56. The number of rotatable bonds is 14. The van der Waals surface area contributed by atoms with E-state index in [1.165, 1.54) is 32.1 Å². The summed E-state index contributed by atoms with van der Waals surface area (Å²) in [5.41, 5.74) is 2.41. The van der Waals surface area contributed by atoms with Crippen LogP contribution >= 0.6 is 0 Å². The van der Waals surface area contributed by atoms with Crippen LogP contribution in [-0.2, 0) is 16.0 Å². The number of aryl methyl sites for hydroxylation is 1. The number of hydrogen-bond donors (Lipinski definition) is 0. The molecule has 0 aliphatic carbocycles.